The van der Waals surface area contributed by atoms with Gasteiger partial charge in [0.05, 0.1) is 17.6 Å². The van der Waals surface area contributed by atoms with Crippen LogP contribution in [-0.2, 0) is 24.4 Å². The smallest absolute Gasteiger partial charge is 0.119 e. The second kappa shape index (κ2) is 11.6. The zero-order valence-corrected chi connectivity index (χ0v) is 22.5. The molecule has 0 N–H and O–H groups in total. The second-order valence-corrected chi connectivity index (χ2v) is 10.5. The first kappa shape index (κ1) is 25.0. The van der Waals surface area contributed by atoms with Gasteiger partial charge < -0.3 is 18.8 Å². The lowest BCUT2D eigenvalue weighted by Crippen LogP contribution is -2.31. The van der Waals surface area contributed by atoms with Crippen LogP contribution in [0.1, 0.15) is 49.3 Å². The molecule has 3 aromatic heterocycles. The second-order valence-electron chi connectivity index (χ2n) is 10.5. The Bertz CT molecular complexity index is 1450. The minimum atomic E-state index is 0.579. The van der Waals surface area contributed by atoms with Gasteiger partial charge in [0.25, 0.3) is 0 Å². The van der Waals surface area contributed by atoms with Crippen molar-refractivity contribution in [1.82, 2.24) is 9.30 Å². The molecule has 0 atom stereocenters. The first-order valence-corrected chi connectivity index (χ1v) is 14.3. The summed E-state index contributed by atoms with van der Waals surface area (Å²) in [5.41, 5.74) is 10.3. The van der Waals surface area contributed by atoms with Crippen LogP contribution in [0.4, 0.5) is 0 Å². The zero-order chi connectivity index (χ0) is 25.7. The molecule has 4 nitrogen and oxygen atoms in total. The first-order valence-electron chi connectivity index (χ1n) is 14.3. The standard InChI is InChI=1S/C34H38N2O2/c1-2-31-33(27-13-17-30(18-14-27)38-24-26-10-5-3-6-11-26)32-19-16-29-15-12-28(34(31)36(29)32)25-37-23-9-22-35-20-7-4-8-21-35/h3,5-6,10-19H,2,4,7-9,20-25H2,1H3. The number of hydrogen-bond donors (Lipinski definition) is 0. The number of piperidine rings is 1. The number of hydrogen-bond acceptors (Lipinski definition) is 3. The molecule has 0 unspecified atom stereocenters. The largest absolute Gasteiger partial charge is 0.489 e. The summed E-state index contributed by atoms with van der Waals surface area (Å²) in [6, 6.07) is 27.9. The fraction of sp³-hybridized carbons (Fsp3) is 0.353. The third-order valence-electron chi connectivity index (χ3n) is 7.95. The molecular formula is C34H38N2O2. The topological polar surface area (TPSA) is 26.1 Å². The average Bonchev–Trinajstić information content (AvgIpc) is 3.55. The monoisotopic (exact) mass is 506 g/mol. The van der Waals surface area contributed by atoms with E-state index in [1.54, 1.807) is 0 Å². The molecule has 196 valence electrons. The average molecular weight is 507 g/mol. The Labute approximate surface area is 226 Å². The zero-order valence-electron chi connectivity index (χ0n) is 22.5. The Morgan fingerprint density at radius 3 is 2.37 bits per heavy atom. The van der Waals surface area contributed by atoms with Crippen molar-refractivity contribution in [3.8, 4) is 16.9 Å². The van der Waals surface area contributed by atoms with Crippen LogP contribution in [-0.4, -0.2) is 35.5 Å². The molecule has 0 bridgehead atoms. The van der Waals surface area contributed by atoms with Crippen LogP contribution < -0.4 is 4.74 Å². The number of pyridine rings is 1. The van der Waals surface area contributed by atoms with Gasteiger partial charge in [-0.05, 0) is 85.8 Å². The Hall–Kier alpha value is -3.34. The van der Waals surface area contributed by atoms with Crippen molar-refractivity contribution < 1.29 is 9.47 Å². The third kappa shape index (κ3) is 5.16. The van der Waals surface area contributed by atoms with Crippen LogP contribution in [0, 0.1) is 0 Å². The number of benzene rings is 2. The number of aryl methyl sites for hydroxylation is 1. The lowest BCUT2D eigenvalue weighted by atomic mass is 9.98. The molecule has 5 aromatic rings. The highest BCUT2D eigenvalue weighted by molar-refractivity contribution is 5.96. The van der Waals surface area contributed by atoms with Gasteiger partial charge in [0.15, 0.2) is 0 Å². The summed E-state index contributed by atoms with van der Waals surface area (Å²) >= 11 is 0. The van der Waals surface area contributed by atoms with Gasteiger partial charge in [0, 0.05) is 29.8 Å². The number of rotatable bonds is 11. The van der Waals surface area contributed by atoms with E-state index in [1.807, 2.05) is 18.2 Å². The Morgan fingerprint density at radius 2 is 1.58 bits per heavy atom. The number of likely N-dealkylation sites (tertiary alicyclic amines) is 1. The SMILES string of the molecule is CCc1c(-c2ccc(OCc3ccccc3)cc2)c2ccc3ccc(COCCCN4CCCCC4)c1n32. The predicted octanol–water partition coefficient (Wildman–Crippen LogP) is 7.73. The molecule has 38 heavy (non-hydrogen) atoms. The molecule has 1 saturated heterocycles. The maximum atomic E-state index is 6.24. The van der Waals surface area contributed by atoms with Crippen LogP contribution in [0.25, 0.3) is 27.7 Å². The maximum Gasteiger partial charge on any atom is 0.119 e. The molecule has 1 fully saturated rings. The van der Waals surface area contributed by atoms with Gasteiger partial charge in [-0.2, -0.15) is 0 Å². The Balaban J connectivity index is 1.20. The van der Waals surface area contributed by atoms with Gasteiger partial charge in [-0.25, -0.2) is 0 Å². The molecular weight excluding hydrogens is 468 g/mol. The number of aromatic nitrogens is 1. The molecule has 6 rings (SSSR count). The van der Waals surface area contributed by atoms with Gasteiger partial charge in [0.2, 0.25) is 0 Å². The fourth-order valence-electron chi connectivity index (χ4n) is 6.03. The molecule has 1 aliphatic heterocycles. The fourth-order valence-corrected chi connectivity index (χ4v) is 6.03. The molecule has 0 radical (unpaired) electrons. The number of ether oxygens (including phenoxy) is 2. The van der Waals surface area contributed by atoms with Crippen LogP contribution in [0.5, 0.6) is 5.75 Å². The summed E-state index contributed by atoms with van der Waals surface area (Å²) in [5.74, 6) is 0.894. The van der Waals surface area contributed by atoms with Gasteiger partial charge in [-0.1, -0.05) is 61.9 Å². The molecule has 0 aliphatic carbocycles. The maximum absolute atomic E-state index is 6.24. The summed E-state index contributed by atoms with van der Waals surface area (Å²) in [6.45, 7) is 7.98. The van der Waals surface area contributed by atoms with E-state index in [0.717, 1.165) is 31.7 Å². The molecule has 0 saturated carbocycles. The normalized spacial score (nSPS) is 14.6. The van der Waals surface area contributed by atoms with Gasteiger partial charge in [-0.15, -0.1) is 0 Å². The van der Waals surface area contributed by atoms with Crippen molar-refractivity contribution in [2.45, 2.75) is 52.2 Å². The van der Waals surface area contributed by atoms with Crippen molar-refractivity contribution >= 4 is 16.6 Å². The van der Waals surface area contributed by atoms with Gasteiger partial charge in [0.1, 0.15) is 12.4 Å². The van der Waals surface area contributed by atoms with E-state index in [2.05, 4.69) is 76.9 Å². The van der Waals surface area contributed by atoms with Crippen molar-refractivity contribution in [1.29, 1.82) is 0 Å². The molecule has 0 amide bonds. The highest BCUT2D eigenvalue weighted by Gasteiger charge is 2.20. The minimum absolute atomic E-state index is 0.579. The highest BCUT2D eigenvalue weighted by atomic mass is 16.5. The summed E-state index contributed by atoms with van der Waals surface area (Å²) < 4.78 is 14.7. The van der Waals surface area contributed by atoms with Crippen LogP contribution in [0.3, 0.4) is 0 Å². The predicted molar refractivity (Wildman–Crippen MR) is 156 cm³/mol. The van der Waals surface area contributed by atoms with E-state index in [4.69, 9.17) is 9.47 Å². The Morgan fingerprint density at radius 1 is 0.789 bits per heavy atom. The summed E-state index contributed by atoms with van der Waals surface area (Å²) in [5, 5.41) is 0. The van der Waals surface area contributed by atoms with E-state index in [0.29, 0.717) is 13.2 Å². The van der Waals surface area contributed by atoms with E-state index >= 15 is 0 Å². The molecule has 4 heterocycles. The lowest BCUT2D eigenvalue weighted by Gasteiger charge is -2.26. The van der Waals surface area contributed by atoms with Crippen molar-refractivity contribution in [3.05, 3.63) is 95.6 Å². The van der Waals surface area contributed by atoms with Crippen molar-refractivity contribution in [3.63, 3.8) is 0 Å². The minimum Gasteiger partial charge on any atom is -0.489 e. The van der Waals surface area contributed by atoms with E-state index in [-0.39, 0.29) is 0 Å². The molecule has 2 aromatic carbocycles. The molecule has 0 spiro atoms. The van der Waals surface area contributed by atoms with E-state index < -0.39 is 0 Å². The van der Waals surface area contributed by atoms with Crippen LogP contribution in [0.15, 0.2) is 78.9 Å². The van der Waals surface area contributed by atoms with Crippen molar-refractivity contribution in [2.75, 3.05) is 26.2 Å². The van der Waals surface area contributed by atoms with Gasteiger partial charge in [-0.3, -0.25) is 0 Å². The van der Waals surface area contributed by atoms with E-state index in [1.165, 1.54) is 76.7 Å². The molecule has 4 heteroatoms. The summed E-state index contributed by atoms with van der Waals surface area (Å²) in [4.78, 5) is 2.59. The summed E-state index contributed by atoms with van der Waals surface area (Å²) in [7, 11) is 0. The number of nitrogens with zero attached hydrogens (tertiary/aromatic N) is 2. The lowest BCUT2D eigenvalue weighted by molar-refractivity contribution is 0.106. The van der Waals surface area contributed by atoms with Crippen LogP contribution in [0.2, 0.25) is 0 Å². The quantitative estimate of drug-likeness (QED) is 0.171. The Kier molecular flexibility index (Phi) is 7.61. The van der Waals surface area contributed by atoms with E-state index in [9.17, 15) is 0 Å². The molecule has 1 aliphatic rings. The summed E-state index contributed by atoms with van der Waals surface area (Å²) in [6.07, 6.45) is 6.17. The highest BCUT2D eigenvalue weighted by Crippen LogP contribution is 2.39. The van der Waals surface area contributed by atoms with Crippen LogP contribution >= 0.6 is 0 Å². The van der Waals surface area contributed by atoms with Crippen molar-refractivity contribution in [2.24, 2.45) is 0 Å². The third-order valence-corrected chi connectivity index (χ3v) is 7.95. The van der Waals surface area contributed by atoms with Gasteiger partial charge >= 0.3 is 0 Å². The first-order chi connectivity index (χ1) is 18.8.